The SMILES string of the molecule is O=C(N/N=C/c1ccc(O)cc1)c1ccn(Cc2ccc(Cl)cc2)n1. The van der Waals surface area contributed by atoms with Gasteiger partial charge in [0.15, 0.2) is 5.69 Å². The number of aromatic nitrogens is 2. The fourth-order valence-electron chi connectivity index (χ4n) is 2.13. The van der Waals surface area contributed by atoms with E-state index in [1.165, 1.54) is 6.21 Å². The van der Waals surface area contributed by atoms with Gasteiger partial charge in [-0.3, -0.25) is 9.48 Å². The highest BCUT2D eigenvalue weighted by Crippen LogP contribution is 2.11. The summed E-state index contributed by atoms with van der Waals surface area (Å²) in [5.74, 6) is -0.225. The van der Waals surface area contributed by atoms with Gasteiger partial charge in [0.2, 0.25) is 0 Å². The Bertz CT molecular complexity index is 886. The summed E-state index contributed by atoms with van der Waals surface area (Å²) in [6.45, 7) is 0.543. The summed E-state index contributed by atoms with van der Waals surface area (Å²) in [4.78, 5) is 12.0. The second-order valence-corrected chi connectivity index (χ2v) is 5.75. The first-order chi connectivity index (χ1) is 12.1. The van der Waals surface area contributed by atoms with Gasteiger partial charge < -0.3 is 5.11 Å². The van der Waals surface area contributed by atoms with Gasteiger partial charge in [0, 0.05) is 11.2 Å². The van der Waals surface area contributed by atoms with Crippen molar-refractivity contribution in [2.24, 2.45) is 5.10 Å². The van der Waals surface area contributed by atoms with Gasteiger partial charge in [0.05, 0.1) is 12.8 Å². The standard InChI is InChI=1S/C18H15ClN4O2/c19-15-5-1-14(2-6-15)12-23-10-9-17(22-23)18(25)21-20-11-13-3-7-16(24)8-4-13/h1-11,24H,12H2,(H,21,25)/b20-11+. The highest BCUT2D eigenvalue weighted by molar-refractivity contribution is 6.30. The molecule has 25 heavy (non-hydrogen) atoms. The number of phenolic OH excluding ortho intramolecular Hbond substituents is 1. The van der Waals surface area contributed by atoms with E-state index in [4.69, 9.17) is 11.6 Å². The molecule has 0 aliphatic carbocycles. The summed E-state index contributed by atoms with van der Waals surface area (Å²) in [6.07, 6.45) is 3.22. The van der Waals surface area contributed by atoms with Gasteiger partial charge in [-0.1, -0.05) is 23.7 Å². The molecule has 0 saturated heterocycles. The Morgan fingerprint density at radius 1 is 1.16 bits per heavy atom. The third-order valence-corrected chi connectivity index (χ3v) is 3.66. The van der Waals surface area contributed by atoms with Crippen molar-refractivity contribution in [2.45, 2.75) is 6.54 Å². The minimum atomic E-state index is -0.398. The maximum Gasteiger partial charge on any atom is 0.291 e. The molecule has 0 atom stereocenters. The molecule has 1 heterocycles. The Morgan fingerprint density at radius 2 is 1.88 bits per heavy atom. The van der Waals surface area contributed by atoms with Crippen molar-refractivity contribution in [3.8, 4) is 5.75 Å². The molecule has 3 aromatic rings. The molecule has 2 N–H and O–H groups in total. The Hall–Kier alpha value is -3.12. The number of hydrogen-bond donors (Lipinski definition) is 2. The number of hydrogen-bond acceptors (Lipinski definition) is 4. The monoisotopic (exact) mass is 354 g/mol. The van der Waals surface area contributed by atoms with E-state index < -0.39 is 5.91 Å². The average molecular weight is 355 g/mol. The third-order valence-electron chi connectivity index (χ3n) is 3.40. The highest BCUT2D eigenvalue weighted by atomic mass is 35.5. The number of halogens is 1. The highest BCUT2D eigenvalue weighted by Gasteiger charge is 2.08. The fourth-order valence-corrected chi connectivity index (χ4v) is 2.26. The van der Waals surface area contributed by atoms with Gasteiger partial charge in [-0.05, 0) is 53.6 Å². The molecule has 0 saturated carbocycles. The van der Waals surface area contributed by atoms with Crippen LogP contribution in [-0.2, 0) is 6.54 Å². The normalized spacial score (nSPS) is 10.9. The number of hydrazone groups is 1. The lowest BCUT2D eigenvalue weighted by Crippen LogP contribution is -2.18. The van der Waals surface area contributed by atoms with Gasteiger partial charge in [-0.15, -0.1) is 0 Å². The molecular formula is C18H15ClN4O2. The van der Waals surface area contributed by atoms with Gasteiger partial charge in [-0.2, -0.15) is 10.2 Å². The molecule has 7 heteroatoms. The molecule has 126 valence electrons. The molecule has 3 rings (SSSR count). The van der Waals surface area contributed by atoms with Crippen LogP contribution in [0.15, 0.2) is 65.9 Å². The summed E-state index contributed by atoms with van der Waals surface area (Å²) in [6, 6.07) is 15.5. The lowest BCUT2D eigenvalue weighted by atomic mass is 10.2. The van der Waals surface area contributed by atoms with Crippen molar-refractivity contribution in [3.63, 3.8) is 0 Å². The minimum Gasteiger partial charge on any atom is -0.508 e. The summed E-state index contributed by atoms with van der Waals surface area (Å²) in [5.41, 5.74) is 4.48. The summed E-state index contributed by atoms with van der Waals surface area (Å²) in [5, 5.41) is 18.0. The Kier molecular flexibility index (Phi) is 5.11. The van der Waals surface area contributed by atoms with Crippen LogP contribution in [0, 0.1) is 0 Å². The van der Waals surface area contributed by atoms with Crippen LogP contribution in [0.4, 0.5) is 0 Å². The number of aromatic hydroxyl groups is 1. The van der Waals surface area contributed by atoms with E-state index in [0.29, 0.717) is 11.6 Å². The smallest absolute Gasteiger partial charge is 0.291 e. The molecule has 0 unspecified atom stereocenters. The fraction of sp³-hybridized carbons (Fsp3) is 0.0556. The number of rotatable bonds is 5. The van der Waals surface area contributed by atoms with Crippen LogP contribution in [-0.4, -0.2) is 27.0 Å². The van der Waals surface area contributed by atoms with E-state index in [1.807, 2.05) is 24.3 Å². The van der Waals surface area contributed by atoms with Gasteiger partial charge in [-0.25, -0.2) is 5.43 Å². The first-order valence-electron chi connectivity index (χ1n) is 7.50. The molecule has 6 nitrogen and oxygen atoms in total. The number of phenols is 1. The van der Waals surface area contributed by atoms with Crippen LogP contribution >= 0.6 is 11.6 Å². The van der Waals surface area contributed by atoms with E-state index in [9.17, 15) is 9.90 Å². The molecule has 0 spiro atoms. The number of carbonyl (C=O) groups excluding carboxylic acids is 1. The van der Waals surface area contributed by atoms with E-state index in [2.05, 4.69) is 15.6 Å². The zero-order valence-electron chi connectivity index (χ0n) is 13.1. The third kappa shape index (κ3) is 4.68. The molecule has 1 aromatic heterocycles. The zero-order valence-corrected chi connectivity index (χ0v) is 13.9. The minimum absolute atomic E-state index is 0.174. The Balaban J connectivity index is 1.58. The first kappa shape index (κ1) is 16.7. The number of nitrogens with zero attached hydrogens (tertiary/aromatic N) is 3. The Morgan fingerprint density at radius 3 is 2.60 bits per heavy atom. The number of benzene rings is 2. The summed E-state index contributed by atoms with van der Waals surface area (Å²) in [7, 11) is 0. The number of nitrogens with one attached hydrogen (secondary N) is 1. The van der Waals surface area contributed by atoms with Crippen LogP contribution in [0.2, 0.25) is 5.02 Å². The van der Waals surface area contributed by atoms with E-state index in [-0.39, 0.29) is 11.4 Å². The molecule has 0 radical (unpaired) electrons. The van der Waals surface area contributed by atoms with E-state index >= 15 is 0 Å². The number of carbonyl (C=O) groups is 1. The molecule has 0 bridgehead atoms. The Labute approximate surface area is 149 Å². The zero-order chi connectivity index (χ0) is 17.6. The average Bonchev–Trinajstić information content (AvgIpc) is 3.07. The van der Waals surface area contributed by atoms with Crippen LogP contribution in [0.25, 0.3) is 0 Å². The largest absolute Gasteiger partial charge is 0.508 e. The second-order valence-electron chi connectivity index (χ2n) is 5.32. The molecule has 0 aliphatic heterocycles. The maximum absolute atomic E-state index is 12.0. The second kappa shape index (κ2) is 7.63. The van der Waals surface area contributed by atoms with Crippen LogP contribution in [0.5, 0.6) is 5.75 Å². The topological polar surface area (TPSA) is 79.5 Å². The van der Waals surface area contributed by atoms with Gasteiger partial charge in [0.1, 0.15) is 5.75 Å². The summed E-state index contributed by atoms with van der Waals surface area (Å²) < 4.78 is 1.67. The molecule has 0 fully saturated rings. The van der Waals surface area contributed by atoms with E-state index in [1.54, 1.807) is 41.2 Å². The van der Waals surface area contributed by atoms with E-state index in [0.717, 1.165) is 11.1 Å². The van der Waals surface area contributed by atoms with Crippen molar-refractivity contribution < 1.29 is 9.90 Å². The van der Waals surface area contributed by atoms with Crippen molar-refractivity contribution >= 4 is 23.7 Å². The molecule has 2 aromatic carbocycles. The maximum atomic E-state index is 12.0. The predicted molar refractivity (Wildman–Crippen MR) is 95.9 cm³/mol. The number of amides is 1. The van der Waals surface area contributed by atoms with Gasteiger partial charge in [0.25, 0.3) is 5.91 Å². The summed E-state index contributed by atoms with van der Waals surface area (Å²) >= 11 is 5.86. The van der Waals surface area contributed by atoms with Crippen LogP contribution in [0.1, 0.15) is 21.6 Å². The predicted octanol–water partition coefficient (Wildman–Crippen LogP) is 3.05. The first-order valence-corrected chi connectivity index (χ1v) is 7.88. The van der Waals surface area contributed by atoms with Crippen molar-refractivity contribution in [1.82, 2.24) is 15.2 Å². The lowest BCUT2D eigenvalue weighted by Gasteiger charge is -2.02. The van der Waals surface area contributed by atoms with Crippen LogP contribution in [0.3, 0.4) is 0 Å². The quantitative estimate of drug-likeness (QED) is 0.546. The van der Waals surface area contributed by atoms with Crippen molar-refractivity contribution in [3.05, 3.63) is 82.6 Å². The molecule has 0 aliphatic rings. The van der Waals surface area contributed by atoms with Crippen molar-refractivity contribution in [1.29, 1.82) is 0 Å². The van der Waals surface area contributed by atoms with Crippen LogP contribution < -0.4 is 5.43 Å². The molecular weight excluding hydrogens is 340 g/mol. The van der Waals surface area contributed by atoms with Gasteiger partial charge >= 0.3 is 0 Å². The molecule has 1 amide bonds. The lowest BCUT2D eigenvalue weighted by molar-refractivity contribution is 0.0949. The van der Waals surface area contributed by atoms with Crippen molar-refractivity contribution in [2.75, 3.05) is 0 Å².